The quantitative estimate of drug-likeness (QED) is 0.340. The molecule has 2 aromatic rings. The maximum Gasteiger partial charge on any atom is 0.228 e. The van der Waals surface area contributed by atoms with Gasteiger partial charge in [-0.1, -0.05) is 17.3 Å². The van der Waals surface area contributed by atoms with E-state index in [0.717, 1.165) is 11.3 Å². The van der Waals surface area contributed by atoms with Crippen LogP contribution in [0.25, 0.3) is 0 Å². The Bertz CT molecular complexity index is 664. The number of carbonyl (C=O) groups excluding carboxylic acids is 1. The maximum absolute atomic E-state index is 12.0. The van der Waals surface area contributed by atoms with Gasteiger partial charge < -0.3 is 21.0 Å². The van der Waals surface area contributed by atoms with Crippen molar-refractivity contribution in [2.24, 2.45) is 10.9 Å². The molecule has 4 N–H and O–H groups in total. The zero-order valence-corrected chi connectivity index (χ0v) is 12.1. The molecule has 0 radical (unpaired) electrons. The fraction of sp³-hybridized carbons (Fsp3) is 0.125. The van der Waals surface area contributed by atoms with Crippen molar-refractivity contribution < 1.29 is 14.7 Å². The lowest BCUT2D eigenvalue weighted by atomic mass is 10.1. The van der Waals surface area contributed by atoms with Gasteiger partial charge in [-0.05, 0) is 42.0 Å². The Morgan fingerprint density at radius 1 is 1.18 bits per heavy atom. The summed E-state index contributed by atoms with van der Waals surface area (Å²) < 4.78 is 5.07. The highest BCUT2D eigenvalue weighted by molar-refractivity contribution is 5.98. The maximum atomic E-state index is 12.0. The predicted octanol–water partition coefficient (Wildman–Crippen LogP) is 1.97. The Balaban J connectivity index is 1.96. The lowest BCUT2D eigenvalue weighted by Gasteiger charge is -2.07. The second kappa shape index (κ2) is 7.12. The largest absolute Gasteiger partial charge is 0.497 e. The number of nitrogens with one attached hydrogen (secondary N) is 1. The summed E-state index contributed by atoms with van der Waals surface area (Å²) in [5.41, 5.74) is 7.59. The minimum Gasteiger partial charge on any atom is -0.497 e. The molecule has 0 saturated heterocycles. The number of hydrogen-bond donors (Lipinski definition) is 3. The van der Waals surface area contributed by atoms with Crippen LogP contribution in [0.15, 0.2) is 53.7 Å². The number of amidine groups is 1. The molecule has 0 fully saturated rings. The summed E-state index contributed by atoms with van der Waals surface area (Å²) >= 11 is 0. The van der Waals surface area contributed by atoms with Gasteiger partial charge >= 0.3 is 0 Å². The molecule has 0 aliphatic rings. The molecular formula is C16H17N3O3. The zero-order chi connectivity index (χ0) is 15.9. The highest BCUT2D eigenvalue weighted by Gasteiger charge is 2.05. The molecule has 0 saturated carbocycles. The van der Waals surface area contributed by atoms with Crippen LogP contribution in [-0.2, 0) is 11.2 Å². The molecule has 0 bridgehead atoms. The molecule has 0 aromatic heterocycles. The van der Waals surface area contributed by atoms with Gasteiger partial charge in [0.2, 0.25) is 5.91 Å². The molecule has 114 valence electrons. The first kappa shape index (κ1) is 15.4. The molecule has 2 aromatic carbocycles. The van der Waals surface area contributed by atoms with E-state index in [-0.39, 0.29) is 18.2 Å². The second-order valence-electron chi connectivity index (χ2n) is 4.64. The van der Waals surface area contributed by atoms with Crippen molar-refractivity contribution in [2.75, 3.05) is 12.4 Å². The van der Waals surface area contributed by atoms with Gasteiger partial charge in [0, 0.05) is 11.3 Å². The van der Waals surface area contributed by atoms with Crippen molar-refractivity contribution in [3.05, 3.63) is 59.7 Å². The molecule has 0 aliphatic carbocycles. The monoisotopic (exact) mass is 299 g/mol. The average molecular weight is 299 g/mol. The van der Waals surface area contributed by atoms with E-state index in [1.807, 2.05) is 24.3 Å². The number of carbonyl (C=O) groups is 1. The third-order valence-electron chi connectivity index (χ3n) is 3.10. The van der Waals surface area contributed by atoms with Crippen LogP contribution in [0.4, 0.5) is 5.69 Å². The summed E-state index contributed by atoms with van der Waals surface area (Å²) in [6.07, 6.45) is 0.270. The van der Waals surface area contributed by atoms with Crippen LogP contribution in [0.3, 0.4) is 0 Å². The van der Waals surface area contributed by atoms with Crippen molar-refractivity contribution >= 4 is 17.4 Å². The van der Waals surface area contributed by atoms with Gasteiger partial charge in [0.05, 0.1) is 13.5 Å². The number of nitrogens with two attached hydrogens (primary N) is 1. The van der Waals surface area contributed by atoms with Gasteiger partial charge in [0.25, 0.3) is 0 Å². The van der Waals surface area contributed by atoms with E-state index < -0.39 is 0 Å². The van der Waals surface area contributed by atoms with Gasteiger partial charge in [-0.15, -0.1) is 0 Å². The second-order valence-corrected chi connectivity index (χ2v) is 4.64. The molecule has 2 rings (SSSR count). The normalized spacial score (nSPS) is 11.0. The summed E-state index contributed by atoms with van der Waals surface area (Å²) in [7, 11) is 1.60. The molecule has 0 aliphatic heterocycles. The number of anilines is 1. The predicted molar refractivity (Wildman–Crippen MR) is 84.3 cm³/mol. The highest BCUT2D eigenvalue weighted by atomic mass is 16.5. The molecule has 0 spiro atoms. The number of rotatable bonds is 5. The Morgan fingerprint density at radius 2 is 1.82 bits per heavy atom. The lowest BCUT2D eigenvalue weighted by molar-refractivity contribution is -0.115. The first-order valence-corrected chi connectivity index (χ1v) is 6.63. The third-order valence-corrected chi connectivity index (χ3v) is 3.10. The summed E-state index contributed by atoms with van der Waals surface area (Å²) in [5, 5.41) is 14.3. The fourth-order valence-corrected chi connectivity index (χ4v) is 1.92. The number of oxime groups is 1. The van der Waals surface area contributed by atoms with Crippen LogP contribution >= 0.6 is 0 Å². The highest BCUT2D eigenvalue weighted by Crippen LogP contribution is 2.13. The molecular weight excluding hydrogens is 282 g/mol. The Kier molecular flexibility index (Phi) is 4.98. The first-order chi connectivity index (χ1) is 10.6. The van der Waals surface area contributed by atoms with E-state index in [1.165, 1.54) is 0 Å². The van der Waals surface area contributed by atoms with Crippen molar-refractivity contribution in [1.82, 2.24) is 0 Å². The van der Waals surface area contributed by atoms with Gasteiger partial charge in [0.15, 0.2) is 5.84 Å². The first-order valence-electron chi connectivity index (χ1n) is 6.63. The standard InChI is InChI=1S/C16H17N3O3/c1-22-14-8-2-11(3-9-14)10-15(20)18-13-6-4-12(5-7-13)16(17)19-21/h2-9,21H,10H2,1H3,(H2,17,19)(H,18,20). The van der Waals surface area contributed by atoms with E-state index >= 15 is 0 Å². The summed E-state index contributed by atoms with van der Waals surface area (Å²) in [6.45, 7) is 0. The Labute approximate surface area is 128 Å². The van der Waals surface area contributed by atoms with E-state index in [9.17, 15) is 4.79 Å². The van der Waals surface area contributed by atoms with Crippen LogP contribution in [-0.4, -0.2) is 24.1 Å². The van der Waals surface area contributed by atoms with Gasteiger partial charge in [0.1, 0.15) is 5.75 Å². The third kappa shape index (κ3) is 3.99. The molecule has 6 heteroatoms. The average Bonchev–Trinajstić information content (AvgIpc) is 2.55. The molecule has 6 nitrogen and oxygen atoms in total. The van der Waals surface area contributed by atoms with Crippen LogP contribution in [0, 0.1) is 0 Å². The van der Waals surface area contributed by atoms with Crippen LogP contribution in [0.2, 0.25) is 0 Å². The smallest absolute Gasteiger partial charge is 0.228 e. The van der Waals surface area contributed by atoms with Crippen molar-refractivity contribution in [3.8, 4) is 5.75 Å². The Morgan fingerprint density at radius 3 is 2.36 bits per heavy atom. The number of ether oxygens (including phenoxy) is 1. The van der Waals surface area contributed by atoms with Crippen molar-refractivity contribution in [3.63, 3.8) is 0 Å². The molecule has 1 amide bonds. The van der Waals surface area contributed by atoms with Crippen molar-refractivity contribution in [1.29, 1.82) is 0 Å². The zero-order valence-electron chi connectivity index (χ0n) is 12.1. The molecule has 0 atom stereocenters. The number of methoxy groups -OCH3 is 1. The molecule has 0 heterocycles. The number of amides is 1. The van der Waals surface area contributed by atoms with Crippen LogP contribution < -0.4 is 15.8 Å². The minimum atomic E-state index is -0.123. The number of nitrogens with zero attached hydrogens (tertiary/aromatic N) is 1. The lowest BCUT2D eigenvalue weighted by Crippen LogP contribution is -2.15. The summed E-state index contributed by atoms with van der Waals surface area (Å²) in [5.74, 6) is 0.653. The van der Waals surface area contributed by atoms with E-state index in [4.69, 9.17) is 15.7 Å². The number of benzene rings is 2. The summed E-state index contributed by atoms with van der Waals surface area (Å²) in [4.78, 5) is 12.0. The SMILES string of the molecule is COc1ccc(CC(=O)Nc2ccc(/C(N)=N/O)cc2)cc1. The van der Waals surface area contributed by atoms with E-state index in [2.05, 4.69) is 10.5 Å². The fourth-order valence-electron chi connectivity index (χ4n) is 1.92. The van der Waals surface area contributed by atoms with Crippen LogP contribution in [0.5, 0.6) is 5.75 Å². The van der Waals surface area contributed by atoms with Crippen molar-refractivity contribution in [2.45, 2.75) is 6.42 Å². The number of hydrogen-bond acceptors (Lipinski definition) is 4. The van der Waals surface area contributed by atoms with Gasteiger partial charge in [-0.25, -0.2) is 0 Å². The van der Waals surface area contributed by atoms with Crippen LogP contribution in [0.1, 0.15) is 11.1 Å². The van der Waals surface area contributed by atoms with Gasteiger partial charge in [-0.2, -0.15) is 0 Å². The Hall–Kier alpha value is -3.02. The van der Waals surface area contributed by atoms with E-state index in [0.29, 0.717) is 11.3 Å². The van der Waals surface area contributed by atoms with E-state index in [1.54, 1.807) is 31.4 Å². The molecule has 22 heavy (non-hydrogen) atoms. The minimum absolute atomic E-state index is 0.0242. The summed E-state index contributed by atoms with van der Waals surface area (Å²) in [6, 6.07) is 14.0. The molecule has 0 unspecified atom stereocenters. The topological polar surface area (TPSA) is 96.9 Å². The van der Waals surface area contributed by atoms with Gasteiger partial charge in [-0.3, -0.25) is 4.79 Å².